The van der Waals surface area contributed by atoms with E-state index in [4.69, 9.17) is 5.11 Å². The fraction of sp³-hybridized carbons (Fsp3) is 0.0667. The predicted octanol–water partition coefficient (Wildman–Crippen LogP) is 2.81. The van der Waals surface area contributed by atoms with Gasteiger partial charge in [-0.2, -0.15) is 5.10 Å². The molecule has 3 aromatic rings. The quantitative estimate of drug-likeness (QED) is 0.801. The molecule has 3 aromatic heterocycles. The molecule has 0 spiro atoms. The Labute approximate surface area is 130 Å². The first-order valence-electron chi connectivity index (χ1n) is 6.44. The minimum atomic E-state index is -1.07. The Bertz CT molecular complexity index is 837. The second-order valence-electron chi connectivity index (χ2n) is 4.55. The van der Waals surface area contributed by atoms with Gasteiger partial charge in [0.25, 0.3) is 0 Å². The summed E-state index contributed by atoms with van der Waals surface area (Å²) in [5.41, 5.74) is 2.34. The Morgan fingerprint density at radius 2 is 2.23 bits per heavy atom. The van der Waals surface area contributed by atoms with Gasteiger partial charge in [0.05, 0.1) is 10.6 Å². The van der Waals surface area contributed by atoms with Gasteiger partial charge in [-0.1, -0.05) is 6.07 Å². The molecule has 3 heterocycles. The standard InChI is InChI=1S/C15H12N4O2S/c1-19-8-10(14(18-19)13-3-2-6-22-13)4-5-11-7-12(15(20)21)17-9-16-11/h2-9H,1H3,(H,20,21)/b5-4+. The van der Waals surface area contributed by atoms with E-state index in [-0.39, 0.29) is 5.69 Å². The second-order valence-corrected chi connectivity index (χ2v) is 5.50. The molecule has 0 fully saturated rings. The summed E-state index contributed by atoms with van der Waals surface area (Å²) in [6, 6.07) is 5.42. The van der Waals surface area contributed by atoms with E-state index in [9.17, 15) is 4.79 Å². The van der Waals surface area contributed by atoms with Crippen molar-refractivity contribution in [2.24, 2.45) is 7.05 Å². The molecule has 0 amide bonds. The van der Waals surface area contributed by atoms with Crippen LogP contribution in [0.1, 0.15) is 21.7 Å². The van der Waals surface area contributed by atoms with E-state index in [1.54, 1.807) is 22.1 Å². The number of hydrogen-bond acceptors (Lipinski definition) is 5. The topological polar surface area (TPSA) is 80.9 Å². The molecule has 0 aromatic carbocycles. The summed E-state index contributed by atoms with van der Waals surface area (Å²) in [6.07, 6.45) is 6.77. The summed E-state index contributed by atoms with van der Waals surface area (Å²) >= 11 is 1.62. The van der Waals surface area contributed by atoms with Crippen LogP contribution < -0.4 is 0 Å². The lowest BCUT2D eigenvalue weighted by Crippen LogP contribution is -2.00. The molecule has 0 unspecified atom stereocenters. The molecule has 0 aliphatic heterocycles. The molecule has 0 atom stereocenters. The Kier molecular flexibility index (Phi) is 3.80. The third-order valence-corrected chi connectivity index (χ3v) is 3.83. The zero-order chi connectivity index (χ0) is 15.5. The van der Waals surface area contributed by atoms with Gasteiger partial charge < -0.3 is 5.11 Å². The van der Waals surface area contributed by atoms with Crippen molar-refractivity contribution in [2.75, 3.05) is 0 Å². The van der Waals surface area contributed by atoms with Crippen molar-refractivity contribution in [2.45, 2.75) is 0 Å². The fourth-order valence-electron chi connectivity index (χ4n) is 1.99. The minimum absolute atomic E-state index is 0.0284. The first-order valence-corrected chi connectivity index (χ1v) is 7.32. The maximum atomic E-state index is 10.9. The first kappa shape index (κ1) is 14.2. The van der Waals surface area contributed by atoms with Crippen LogP contribution in [-0.4, -0.2) is 30.8 Å². The Balaban J connectivity index is 1.93. The minimum Gasteiger partial charge on any atom is -0.477 e. The number of carboxylic acid groups (broad SMARTS) is 1. The Morgan fingerprint density at radius 3 is 2.95 bits per heavy atom. The highest BCUT2D eigenvalue weighted by molar-refractivity contribution is 7.13. The van der Waals surface area contributed by atoms with E-state index in [1.165, 1.54) is 12.4 Å². The molecule has 110 valence electrons. The van der Waals surface area contributed by atoms with Gasteiger partial charge in [-0.25, -0.2) is 14.8 Å². The van der Waals surface area contributed by atoms with Crippen molar-refractivity contribution < 1.29 is 9.90 Å². The number of hydrogen-bond donors (Lipinski definition) is 1. The van der Waals surface area contributed by atoms with Crippen LogP contribution in [0, 0.1) is 0 Å². The van der Waals surface area contributed by atoms with E-state index < -0.39 is 5.97 Å². The average molecular weight is 312 g/mol. The number of aryl methyl sites for hydroxylation is 1. The molecule has 0 saturated carbocycles. The monoisotopic (exact) mass is 312 g/mol. The summed E-state index contributed by atoms with van der Waals surface area (Å²) in [7, 11) is 1.86. The summed E-state index contributed by atoms with van der Waals surface area (Å²) in [4.78, 5) is 19.7. The SMILES string of the molecule is Cn1cc(/C=C/c2cc(C(=O)O)ncn2)c(-c2cccs2)n1. The molecule has 1 N–H and O–H groups in total. The maximum Gasteiger partial charge on any atom is 0.354 e. The van der Waals surface area contributed by atoms with E-state index >= 15 is 0 Å². The number of nitrogens with zero attached hydrogens (tertiary/aromatic N) is 4. The number of rotatable bonds is 4. The average Bonchev–Trinajstić information content (AvgIpc) is 3.14. The number of aromatic carboxylic acids is 1. The van der Waals surface area contributed by atoms with Crippen molar-refractivity contribution in [3.8, 4) is 10.6 Å². The molecular formula is C15H12N4O2S. The van der Waals surface area contributed by atoms with Crippen LogP contribution in [0.2, 0.25) is 0 Å². The summed E-state index contributed by atoms with van der Waals surface area (Å²) < 4.78 is 1.75. The van der Waals surface area contributed by atoms with Gasteiger partial charge in [-0.05, 0) is 29.7 Å². The van der Waals surface area contributed by atoms with E-state index in [1.807, 2.05) is 36.8 Å². The molecule has 0 bridgehead atoms. The fourth-order valence-corrected chi connectivity index (χ4v) is 2.72. The first-order chi connectivity index (χ1) is 10.6. The van der Waals surface area contributed by atoms with Crippen LogP contribution in [0.3, 0.4) is 0 Å². The third-order valence-electron chi connectivity index (χ3n) is 2.95. The molecule has 0 saturated heterocycles. The third kappa shape index (κ3) is 2.94. The predicted molar refractivity (Wildman–Crippen MR) is 84.4 cm³/mol. The zero-order valence-corrected chi connectivity index (χ0v) is 12.5. The highest BCUT2D eigenvalue weighted by Crippen LogP contribution is 2.27. The van der Waals surface area contributed by atoms with E-state index in [0.717, 1.165) is 16.1 Å². The molecule has 6 nitrogen and oxygen atoms in total. The molecule has 0 aliphatic rings. The summed E-state index contributed by atoms with van der Waals surface area (Å²) in [5, 5.41) is 15.4. The normalized spacial score (nSPS) is 11.1. The second kappa shape index (κ2) is 5.90. The molecule has 0 aliphatic carbocycles. The largest absolute Gasteiger partial charge is 0.477 e. The maximum absolute atomic E-state index is 10.9. The number of thiophene rings is 1. The molecule has 3 rings (SSSR count). The van der Waals surface area contributed by atoms with Crippen molar-refractivity contribution in [3.05, 3.63) is 53.1 Å². The summed E-state index contributed by atoms with van der Waals surface area (Å²) in [5.74, 6) is -1.07. The lowest BCUT2D eigenvalue weighted by atomic mass is 10.2. The van der Waals surface area contributed by atoms with E-state index in [2.05, 4.69) is 15.1 Å². The van der Waals surface area contributed by atoms with Crippen LogP contribution in [0.25, 0.3) is 22.7 Å². The lowest BCUT2D eigenvalue weighted by molar-refractivity contribution is 0.0690. The van der Waals surface area contributed by atoms with Gasteiger partial charge in [0.1, 0.15) is 12.0 Å². The van der Waals surface area contributed by atoms with Crippen LogP contribution in [0.4, 0.5) is 0 Å². The number of carboxylic acids is 1. The van der Waals surface area contributed by atoms with E-state index in [0.29, 0.717) is 5.69 Å². The molecule has 7 heteroatoms. The molecule has 22 heavy (non-hydrogen) atoms. The van der Waals surface area contributed by atoms with Crippen molar-refractivity contribution in [1.29, 1.82) is 0 Å². The Morgan fingerprint density at radius 1 is 1.36 bits per heavy atom. The van der Waals surface area contributed by atoms with Gasteiger partial charge >= 0.3 is 5.97 Å². The highest BCUT2D eigenvalue weighted by Gasteiger charge is 2.09. The van der Waals surface area contributed by atoms with Crippen LogP contribution in [0.15, 0.2) is 36.1 Å². The van der Waals surface area contributed by atoms with Gasteiger partial charge in [-0.3, -0.25) is 4.68 Å². The van der Waals surface area contributed by atoms with Gasteiger partial charge in [-0.15, -0.1) is 11.3 Å². The van der Waals surface area contributed by atoms with Crippen LogP contribution >= 0.6 is 11.3 Å². The lowest BCUT2D eigenvalue weighted by Gasteiger charge is -1.96. The molecular weight excluding hydrogens is 300 g/mol. The number of carbonyl (C=O) groups is 1. The zero-order valence-electron chi connectivity index (χ0n) is 11.7. The van der Waals surface area contributed by atoms with Gasteiger partial charge in [0.15, 0.2) is 5.69 Å². The van der Waals surface area contributed by atoms with Gasteiger partial charge in [0, 0.05) is 18.8 Å². The highest BCUT2D eigenvalue weighted by atomic mass is 32.1. The van der Waals surface area contributed by atoms with Gasteiger partial charge in [0.2, 0.25) is 0 Å². The van der Waals surface area contributed by atoms with Crippen LogP contribution in [0.5, 0.6) is 0 Å². The summed E-state index contributed by atoms with van der Waals surface area (Å²) in [6.45, 7) is 0. The van der Waals surface area contributed by atoms with Crippen LogP contribution in [-0.2, 0) is 7.05 Å². The van der Waals surface area contributed by atoms with Crippen molar-refractivity contribution >= 4 is 29.5 Å². The molecule has 0 radical (unpaired) electrons. The smallest absolute Gasteiger partial charge is 0.354 e. The Hall–Kier alpha value is -2.80. The van der Waals surface area contributed by atoms with Crippen molar-refractivity contribution in [1.82, 2.24) is 19.7 Å². The number of aromatic nitrogens is 4. The van der Waals surface area contributed by atoms with Crippen molar-refractivity contribution in [3.63, 3.8) is 0 Å².